The van der Waals surface area contributed by atoms with E-state index in [9.17, 15) is 9.59 Å². The molecule has 0 spiro atoms. The summed E-state index contributed by atoms with van der Waals surface area (Å²) in [5, 5.41) is 10.6. The number of carboxylic acid groups (broad SMARTS) is 1. The highest BCUT2D eigenvalue weighted by molar-refractivity contribution is 7.22. The van der Waals surface area contributed by atoms with Crippen LogP contribution in [0.3, 0.4) is 0 Å². The number of rotatable bonds is 8. The number of fused-ring (bicyclic) bond motifs is 1. The Morgan fingerprint density at radius 1 is 1.38 bits per heavy atom. The predicted octanol–water partition coefficient (Wildman–Crippen LogP) is 2.20. The van der Waals surface area contributed by atoms with Crippen molar-refractivity contribution >= 4 is 45.0 Å². The Balaban J connectivity index is 0.000000941. The molecule has 9 heteroatoms. The molecule has 0 bridgehead atoms. The Hall–Kier alpha value is -2.52. The topological polar surface area (TPSA) is 103 Å². The van der Waals surface area contributed by atoms with E-state index in [4.69, 9.17) is 9.90 Å². The van der Waals surface area contributed by atoms with E-state index in [0.29, 0.717) is 18.2 Å². The van der Waals surface area contributed by atoms with Gasteiger partial charge >= 0.3 is 0 Å². The molecule has 2 amide bonds. The van der Waals surface area contributed by atoms with Gasteiger partial charge in [-0.15, -0.1) is 0 Å². The van der Waals surface area contributed by atoms with Crippen molar-refractivity contribution in [3.63, 3.8) is 0 Å². The predicted molar refractivity (Wildman–Crippen MR) is 114 cm³/mol. The number of anilines is 1. The fourth-order valence-corrected chi connectivity index (χ4v) is 4.23. The Morgan fingerprint density at radius 2 is 2.07 bits per heavy atom. The second-order valence-corrected chi connectivity index (χ2v) is 7.66. The standard InChI is InChI=1S/C19H26N4O2S.CH2O2/c1-3-22(4-2)11-7-10-20-18(25)14-12-17(24)23(13-14)19-21-15-8-5-6-9-16(15)26-19;2-1-3/h5-6,8-9,14H,3-4,7,10-13H2,1-2H3,(H,20,25);1H,(H,2,3). The third-order valence-corrected chi connectivity index (χ3v) is 5.91. The van der Waals surface area contributed by atoms with Crippen LogP contribution in [0.25, 0.3) is 10.2 Å². The number of carbonyl (C=O) groups excluding carboxylic acids is 2. The van der Waals surface area contributed by atoms with Crippen LogP contribution in [0.2, 0.25) is 0 Å². The van der Waals surface area contributed by atoms with E-state index in [0.717, 1.165) is 36.3 Å². The van der Waals surface area contributed by atoms with Gasteiger partial charge in [-0.05, 0) is 38.2 Å². The fourth-order valence-electron chi connectivity index (χ4n) is 3.24. The molecule has 0 radical (unpaired) electrons. The molecular formula is C20H28N4O4S. The minimum absolute atomic E-state index is 0.0210. The van der Waals surface area contributed by atoms with Crippen molar-refractivity contribution in [2.24, 2.45) is 5.92 Å². The molecule has 1 saturated heterocycles. The molecule has 158 valence electrons. The largest absolute Gasteiger partial charge is 0.483 e. The molecule has 1 aromatic carbocycles. The van der Waals surface area contributed by atoms with E-state index < -0.39 is 0 Å². The van der Waals surface area contributed by atoms with Crippen molar-refractivity contribution < 1.29 is 19.5 Å². The van der Waals surface area contributed by atoms with Gasteiger partial charge in [-0.2, -0.15) is 0 Å². The van der Waals surface area contributed by atoms with Crippen LogP contribution in [0, 0.1) is 5.92 Å². The van der Waals surface area contributed by atoms with E-state index in [1.165, 1.54) is 11.3 Å². The first-order chi connectivity index (χ1) is 14.0. The van der Waals surface area contributed by atoms with Crippen LogP contribution in [-0.4, -0.2) is 66.0 Å². The number of nitrogens with one attached hydrogen (secondary N) is 1. The summed E-state index contributed by atoms with van der Waals surface area (Å²) in [6, 6.07) is 7.84. The second-order valence-electron chi connectivity index (χ2n) is 6.65. The summed E-state index contributed by atoms with van der Waals surface area (Å²) >= 11 is 1.50. The lowest BCUT2D eigenvalue weighted by molar-refractivity contribution is -0.126. The highest BCUT2D eigenvalue weighted by Crippen LogP contribution is 2.32. The minimum atomic E-state index is -0.289. The summed E-state index contributed by atoms with van der Waals surface area (Å²) in [5.74, 6) is -0.336. The van der Waals surface area contributed by atoms with Gasteiger partial charge in [0.2, 0.25) is 11.8 Å². The van der Waals surface area contributed by atoms with Crippen LogP contribution < -0.4 is 10.2 Å². The first kappa shape index (κ1) is 22.8. The van der Waals surface area contributed by atoms with Crippen LogP contribution in [0.15, 0.2) is 24.3 Å². The fraction of sp³-hybridized carbons (Fsp3) is 0.500. The molecule has 2 heterocycles. The SMILES string of the molecule is CCN(CC)CCCNC(=O)C1CC(=O)N(c2nc3ccccc3s2)C1.O=CO. The Bertz CT molecular complexity index is 789. The van der Waals surface area contributed by atoms with Crippen LogP contribution in [-0.2, 0) is 14.4 Å². The smallest absolute Gasteiger partial charge is 0.290 e. The number of para-hydroxylation sites is 1. The monoisotopic (exact) mass is 420 g/mol. The zero-order valence-electron chi connectivity index (χ0n) is 16.8. The summed E-state index contributed by atoms with van der Waals surface area (Å²) < 4.78 is 1.06. The molecular weight excluding hydrogens is 392 g/mol. The summed E-state index contributed by atoms with van der Waals surface area (Å²) in [5.41, 5.74) is 0.893. The lowest BCUT2D eigenvalue weighted by Crippen LogP contribution is -2.35. The van der Waals surface area contributed by atoms with Gasteiger partial charge in [-0.3, -0.25) is 19.3 Å². The highest BCUT2D eigenvalue weighted by atomic mass is 32.1. The number of aromatic nitrogens is 1. The van der Waals surface area contributed by atoms with E-state index in [-0.39, 0.29) is 30.6 Å². The summed E-state index contributed by atoms with van der Waals surface area (Å²) in [6.07, 6.45) is 1.19. The highest BCUT2D eigenvalue weighted by Gasteiger charge is 2.36. The number of thiazole rings is 1. The maximum atomic E-state index is 12.4. The van der Waals surface area contributed by atoms with Gasteiger partial charge in [-0.25, -0.2) is 4.98 Å². The lowest BCUT2D eigenvalue weighted by atomic mass is 10.1. The van der Waals surface area contributed by atoms with E-state index in [2.05, 4.69) is 29.0 Å². The number of nitrogens with zero attached hydrogens (tertiary/aromatic N) is 3. The first-order valence-corrected chi connectivity index (χ1v) is 10.6. The van der Waals surface area contributed by atoms with E-state index in [1.807, 2.05) is 24.3 Å². The Labute approximate surface area is 174 Å². The van der Waals surface area contributed by atoms with Gasteiger partial charge in [0.05, 0.1) is 16.1 Å². The van der Waals surface area contributed by atoms with Crippen molar-refractivity contribution in [3.8, 4) is 0 Å². The molecule has 8 nitrogen and oxygen atoms in total. The number of amides is 2. The van der Waals surface area contributed by atoms with Gasteiger partial charge in [0.15, 0.2) is 5.13 Å². The molecule has 1 aliphatic heterocycles. The molecule has 2 N–H and O–H groups in total. The molecule has 1 fully saturated rings. The van der Waals surface area contributed by atoms with Crippen molar-refractivity contribution in [3.05, 3.63) is 24.3 Å². The normalized spacial score (nSPS) is 16.0. The van der Waals surface area contributed by atoms with Crippen LogP contribution in [0.4, 0.5) is 5.13 Å². The maximum Gasteiger partial charge on any atom is 0.290 e. The third kappa shape index (κ3) is 6.23. The molecule has 1 unspecified atom stereocenters. The molecule has 29 heavy (non-hydrogen) atoms. The number of benzene rings is 1. The molecule has 0 aliphatic carbocycles. The van der Waals surface area contributed by atoms with E-state index >= 15 is 0 Å². The van der Waals surface area contributed by atoms with Gasteiger partial charge < -0.3 is 15.3 Å². The van der Waals surface area contributed by atoms with Gasteiger partial charge in [0, 0.05) is 19.5 Å². The lowest BCUT2D eigenvalue weighted by Gasteiger charge is -2.18. The van der Waals surface area contributed by atoms with Crippen LogP contribution in [0.1, 0.15) is 26.7 Å². The number of carbonyl (C=O) groups is 3. The zero-order chi connectivity index (χ0) is 21.2. The van der Waals surface area contributed by atoms with Gasteiger partial charge in [0.25, 0.3) is 6.47 Å². The van der Waals surface area contributed by atoms with Crippen LogP contribution >= 0.6 is 11.3 Å². The quantitative estimate of drug-likeness (QED) is 0.501. The van der Waals surface area contributed by atoms with Crippen LogP contribution in [0.5, 0.6) is 0 Å². The summed E-state index contributed by atoms with van der Waals surface area (Å²) in [7, 11) is 0. The number of hydrogen-bond acceptors (Lipinski definition) is 6. The molecule has 1 aliphatic rings. The van der Waals surface area contributed by atoms with Crippen molar-refractivity contribution in [2.45, 2.75) is 26.7 Å². The molecule has 2 aromatic rings. The Morgan fingerprint density at radius 3 is 2.72 bits per heavy atom. The molecule has 1 aromatic heterocycles. The average Bonchev–Trinajstić information content (AvgIpc) is 3.31. The minimum Gasteiger partial charge on any atom is -0.483 e. The second kappa shape index (κ2) is 11.5. The van der Waals surface area contributed by atoms with Crippen molar-refractivity contribution in [1.29, 1.82) is 0 Å². The van der Waals surface area contributed by atoms with E-state index in [1.54, 1.807) is 4.90 Å². The molecule has 1 atom stereocenters. The van der Waals surface area contributed by atoms with Gasteiger partial charge in [-0.1, -0.05) is 37.3 Å². The first-order valence-electron chi connectivity index (χ1n) is 9.77. The van der Waals surface area contributed by atoms with Crippen molar-refractivity contribution in [2.75, 3.05) is 37.6 Å². The summed E-state index contributed by atoms with van der Waals surface area (Å²) in [4.78, 5) is 41.7. The third-order valence-electron chi connectivity index (χ3n) is 4.85. The molecule has 3 rings (SSSR count). The molecule has 0 saturated carbocycles. The van der Waals surface area contributed by atoms with Crippen molar-refractivity contribution in [1.82, 2.24) is 15.2 Å². The number of hydrogen-bond donors (Lipinski definition) is 2. The Kier molecular flexibility index (Phi) is 9.01. The van der Waals surface area contributed by atoms with Gasteiger partial charge in [0.1, 0.15) is 0 Å². The maximum absolute atomic E-state index is 12.4. The average molecular weight is 421 g/mol. The zero-order valence-corrected chi connectivity index (χ0v) is 17.7. The summed E-state index contributed by atoms with van der Waals surface area (Å²) in [6.45, 7) is 8.14.